The topological polar surface area (TPSA) is 50.2 Å². The summed E-state index contributed by atoms with van der Waals surface area (Å²) in [6, 6.07) is 18.2. The third-order valence-corrected chi connectivity index (χ3v) is 8.01. The van der Waals surface area contributed by atoms with E-state index in [9.17, 15) is 4.79 Å². The maximum Gasteiger partial charge on any atom is 0.265 e. The summed E-state index contributed by atoms with van der Waals surface area (Å²) in [5.41, 5.74) is 5.24. The van der Waals surface area contributed by atoms with Gasteiger partial charge in [-0.1, -0.05) is 30.3 Å². The Morgan fingerprint density at radius 2 is 1.84 bits per heavy atom. The summed E-state index contributed by atoms with van der Waals surface area (Å²) >= 11 is 3.51. The summed E-state index contributed by atoms with van der Waals surface area (Å²) in [6.45, 7) is 7.28. The van der Waals surface area contributed by atoms with Crippen molar-refractivity contribution in [2.24, 2.45) is 0 Å². The fourth-order valence-corrected chi connectivity index (χ4v) is 6.13. The highest BCUT2D eigenvalue weighted by atomic mass is 32.2. The summed E-state index contributed by atoms with van der Waals surface area (Å²) in [4.78, 5) is 17.3. The number of aromatic nitrogens is 2. The van der Waals surface area contributed by atoms with E-state index in [0.717, 1.165) is 52.5 Å². The number of fused-ring (bicyclic) bond motifs is 1. The third kappa shape index (κ3) is 4.20. The molecule has 3 heterocycles. The van der Waals surface area contributed by atoms with E-state index in [1.165, 1.54) is 28.4 Å². The molecule has 0 atom stereocenters. The highest BCUT2D eigenvalue weighted by molar-refractivity contribution is 7.99. The van der Waals surface area contributed by atoms with Gasteiger partial charge in [0.25, 0.3) is 5.91 Å². The minimum atomic E-state index is -0.0696. The van der Waals surface area contributed by atoms with Crippen LogP contribution in [0.3, 0.4) is 0 Å². The number of thiophene rings is 1. The van der Waals surface area contributed by atoms with Crippen LogP contribution in [0, 0.1) is 13.8 Å². The molecule has 0 radical (unpaired) electrons. The van der Waals surface area contributed by atoms with E-state index in [1.54, 1.807) is 0 Å². The Bertz CT molecular complexity index is 1260. The third-order valence-electron chi connectivity index (χ3n) is 5.96. The molecule has 1 fully saturated rings. The van der Waals surface area contributed by atoms with Gasteiger partial charge in [-0.2, -0.15) is 16.9 Å². The van der Waals surface area contributed by atoms with Crippen LogP contribution in [0.25, 0.3) is 15.9 Å². The highest BCUT2D eigenvalue weighted by Gasteiger charge is 2.19. The van der Waals surface area contributed by atoms with E-state index in [1.807, 2.05) is 71.9 Å². The normalized spacial score (nSPS) is 14.7. The lowest BCUT2D eigenvalue weighted by molar-refractivity contribution is 0.103. The molecule has 1 aliphatic rings. The smallest absolute Gasteiger partial charge is 0.265 e. The van der Waals surface area contributed by atoms with Gasteiger partial charge in [0.15, 0.2) is 0 Å². The Hall–Kier alpha value is -2.61. The summed E-state index contributed by atoms with van der Waals surface area (Å²) in [5, 5.41) is 8.85. The number of rotatable bonds is 5. The summed E-state index contributed by atoms with van der Waals surface area (Å²) in [6.07, 6.45) is 0. The van der Waals surface area contributed by atoms with Gasteiger partial charge in [0, 0.05) is 42.2 Å². The molecular formula is C25H26N4OS2. The number of thioether (sulfide) groups is 1. The molecule has 2 aromatic heterocycles. The number of anilines is 1. The molecule has 7 heteroatoms. The van der Waals surface area contributed by atoms with Crippen LogP contribution < -0.4 is 5.32 Å². The molecule has 5 rings (SSSR count). The largest absolute Gasteiger partial charge is 0.321 e. The minimum absolute atomic E-state index is 0.0696. The lowest BCUT2D eigenvalue weighted by Gasteiger charge is -2.27. The fourth-order valence-electron chi connectivity index (χ4n) is 4.08. The number of para-hydroxylation sites is 1. The van der Waals surface area contributed by atoms with Crippen molar-refractivity contribution in [3.8, 4) is 5.69 Å². The van der Waals surface area contributed by atoms with Gasteiger partial charge in [-0.25, -0.2) is 4.68 Å². The molecular weight excluding hydrogens is 436 g/mol. The molecule has 0 saturated carbocycles. The first kappa shape index (κ1) is 21.2. The molecule has 0 unspecified atom stereocenters. The van der Waals surface area contributed by atoms with E-state index in [0.29, 0.717) is 4.88 Å². The number of hydrogen-bond acceptors (Lipinski definition) is 5. The van der Waals surface area contributed by atoms with E-state index in [4.69, 9.17) is 0 Å². The van der Waals surface area contributed by atoms with Gasteiger partial charge in [0.2, 0.25) is 0 Å². The van der Waals surface area contributed by atoms with Gasteiger partial charge in [-0.15, -0.1) is 11.3 Å². The highest BCUT2D eigenvalue weighted by Crippen LogP contribution is 2.31. The quantitative estimate of drug-likeness (QED) is 0.425. The average Bonchev–Trinajstić information content (AvgIpc) is 3.38. The number of benzene rings is 2. The molecule has 5 nitrogen and oxygen atoms in total. The lowest BCUT2D eigenvalue weighted by atomic mass is 10.1. The monoisotopic (exact) mass is 462 g/mol. The zero-order chi connectivity index (χ0) is 22.1. The number of nitrogens with one attached hydrogen (secondary N) is 1. The Balaban J connectivity index is 1.39. The first-order valence-electron chi connectivity index (χ1n) is 10.8. The molecule has 1 saturated heterocycles. The number of nitrogens with zero attached hydrogens (tertiary/aromatic N) is 3. The van der Waals surface area contributed by atoms with Crippen LogP contribution in [0.1, 0.15) is 26.5 Å². The van der Waals surface area contributed by atoms with Gasteiger partial charge in [0.05, 0.1) is 16.3 Å². The molecule has 164 valence electrons. The van der Waals surface area contributed by atoms with Crippen molar-refractivity contribution in [3.63, 3.8) is 0 Å². The van der Waals surface area contributed by atoms with Crippen molar-refractivity contribution in [3.05, 3.63) is 76.3 Å². The van der Waals surface area contributed by atoms with E-state index in [2.05, 4.69) is 28.3 Å². The number of hydrogen-bond donors (Lipinski definition) is 1. The zero-order valence-corrected chi connectivity index (χ0v) is 19.9. The van der Waals surface area contributed by atoms with Crippen molar-refractivity contribution in [1.29, 1.82) is 0 Å². The molecule has 32 heavy (non-hydrogen) atoms. The number of carbonyl (C=O) groups is 1. The average molecular weight is 463 g/mol. The fraction of sp³-hybridized carbons (Fsp3) is 0.280. The second kappa shape index (κ2) is 9.10. The molecule has 0 aliphatic carbocycles. The van der Waals surface area contributed by atoms with Crippen molar-refractivity contribution < 1.29 is 4.79 Å². The zero-order valence-electron chi connectivity index (χ0n) is 18.3. The maximum atomic E-state index is 13.2. The van der Waals surface area contributed by atoms with E-state index in [-0.39, 0.29) is 5.91 Å². The summed E-state index contributed by atoms with van der Waals surface area (Å²) in [7, 11) is 0. The molecule has 0 spiro atoms. The van der Waals surface area contributed by atoms with Crippen LogP contribution in [0.5, 0.6) is 0 Å². The first-order valence-corrected chi connectivity index (χ1v) is 12.8. The SMILES string of the molecule is Cc1c(CN2CCSCC2)cccc1NC(=O)c1cc2c(C)nn(-c3ccccc3)c2s1. The Labute approximate surface area is 196 Å². The standard InChI is InChI=1S/C25H26N4OS2/c1-17-19(16-28-11-13-31-14-12-28)7-6-10-22(17)26-24(30)23-15-21-18(2)27-29(25(21)32-23)20-8-4-3-5-9-20/h3-10,15H,11-14,16H2,1-2H3,(H,26,30). The second-order valence-corrected chi connectivity index (χ2v) is 10.3. The first-order chi connectivity index (χ1) is 15.6. The van der Waals surface area contributed by atoms with Crippen molar-refractivity contribution in [2.75, 3.05) is 29.9 Å². The van der Waals surface area contributed by atoms with Crippen LogP contribution in [0.2, 0.25) is 0 Å². The maximum absolute atomic E-state index is 13.2. The predicted octanol–water partition coefficient (Wildman–Crippen LogP) is 5.50. The molecule has 4 aromatic rings. The molecule has 0 bridgehead atoms. The van der Waals surface area contributed by atoms with Gasteiger partial charge in [0.1, 0.15) is 4.83 Å². The van der Waals surface area contributed by atoms with Gasteiger partial charge in [-0.3, -0.25) is 9.69 Å². The van der Waals surface area contributed by atoms with Crippen molar-refractivity contribution >= 4 is 44.9 Å². The summed E-state index contributed by atoms with van der Waals surface area (Å²) < 4.78 is 1.93. The molecule has 1 N–H and O–H groups in total. The van der Waals surface area contributed by atoms with Crippen LogP contribution in [-0.2, 0) is 6.54 Å². The summed E-state index contributed by atoms with van der Waals surface area (Å²) in [5.74, 6) is 2.32. The van der Waals surface area contributed by atoms with Crippen molar-refractivity contribution in [2.45, 2.75) is 20.4 Å². The van der Waals surface area contributed by atoms with E-state index < -0.39 is 0 Å². The van der Waals surface area contributed by atoms with Crippen LogP contribution >= 0.6 is 23.1 Å². The van der Waals surface area contributed by atoms with Crippen LogP contribution in [-0.4, -0.2) is 45.2 Å². The van der Waals surface area contributed by atoms with Crippen LogP contribution in [0.15, 0.2) is 54.6 Å². The van der Waals surface area contributed by atoms with E-state index >= 15 is 0 Å². The number of amides is 1. The molecule has 2 aromatic carbocycles. The van der Waals surface area contributed by atoms with Gasteiger partial charge < -0.3 is 5.32 Å². The minimum Gasteiger partial charge on any atom is -0.321 e. The van der Waals surface area contributed by atoms with Crippen LogP contribution in [0.4, 0.5) is 5.69 Å². The Morgan fingerprint density at radius 3 is 2.62 bits per heavy atom. The number of aryl methyl sites for hydroxylation is 1. The second-order valence-electron chi connectivity index (χ2n) is 8.09. The van der Waals surface area contributed by atoms with Gasteiger partial charge >= 0.3 is 0 Å². The lowest BCUT2D eigenvalue weighted by Crippen LogP contribution is -2.32. The predicted molar refractivity (Wildman–Crippen MR) is 135 cm³/mol. The number of carbonyl (C=O) groups excluding carboxylic acids is 1. The Kier molecular flexibility index (Phi) is 6.04. The molecule has 1 aliphatic heterocycles. The van der Waals surface area contributed by atoms with Crippen molar-refractivity contribution in [1.82, 2.24) is 14.7 Å². The Morgan fingerprint density at radius 1 is 1.06 bits per heavy atom. The van der Waals surface area contributed by atoms with Gasteiger partial charge in [-0.05, 0) is 49.2 Å². The molecule has 1 amide bonds.